The molecule has 0 radical (unpaired) electrons. The van der Waals surface area contributed by atoms with Gasteiger partial charge in [0.05, 0.1) is 17.9 Å². The lowest BCUT2D eigenvalue weighted by Crippen LogP contribution is -2.45. The Balaban J connectivity index is 1.72. The molecule has 0 aliphatic carbocycles. The highest BCUT2D eigenvalue weighted by molar-refractivity contribution is 5.78. The van der Waals surface area contributed by atoms with Crippen LogP contribution in [-0.4, -0.2) is 89.7 Å². The van der Waals surface area contributed by atoms with Gasteiger partial charge < -0.3 is 14.2 Å². The fourth-order valence-electron chi connectivity index (χ4n) is 3.92. The summed E-state index contributed by atoms with van der Waals surface area (Å²) < 4.78 is 7.58. The van der Waals surface area contributed by atoms with Crippen molar-refractivity contribution in [3.05, 3.63) is 18.2 Å². The predicted molar refractivity (Wildman–Crippen MR) is 96.1 cm³/mol. The number of aryl methyl sites for hydroxylation is 1. The van der Waals surface area contributed by atoms with E-state index in [1.54, 1.807) is 4.90 Å². The molecule has 1 aromatic rings. The lowest BCUT2D eigenvalue weighted by molar-refractivity contribution is -0.134. The number of nitrogens with zero attached hydrogens (tertiary/aromatic N) is 5. The van der Waals surface area contributed by atoms with Crippen LogP contribution in [-0.2, 0) is 23.1 Å². The Labute approximate surface area is 150 Å². The maximum absolute atomic E-state index is 12.7. The summed E-state index contributed by atoms with van der Waals surface area (Å²) in [7, 11) is 5.74. The molecule has 0 bridgehead atoms. The molecule has 25 heavy (non-hydrogen) atoms. The number of hydrogen-bond acceptors (Lipinski definition) is 5. The quantitative estimate of drug-likeness (QED) is 0.789. The summed E-state index contributed by atoms with van der Waals surface area (Å²) in [4.78, 5) is 23.6. The number of ether oxygens (including phenoxy) is 1. The van der Waals surface area contributed by atoms with Crippen molar-refractivity contribution >= 4 is 5.91 Å². The molecule has 140 valence electrons. The van der Waals surface area contributed by atoms with Crippen molar-refractivity contribution in [2.45, 2.75) is 25.4 Å². The molecular weight excluding hydrogens is 318 g/mol. The first-order chi connectivity index (χ1) is 12.0. The molecule has 0 N–H and O–H groups in total. The van der Waals surface area contributed by atoms with Gasteiger partial charge in [-0.3, -0.25) is 14.6 Å². The maximum Gasteiger partial charge on any atom is 0.227 e. The zero-order chi connectivity index (χ0) is 17.8. The van der Waals surface area contributed by atoms with E-state index in [-0.39, 0.29) is 11.8 Å². The first-order valence-electron chi connectivity index (χ1n) is 9.25. The molecule has 7 nitrogen and oxygen atoms in total. The summed E-state index contributed by atoms with van der Waals surface area (Å²) in [6, 6.07) is 0.544. The Morgan fingerprint density at radius 1 is 1.28 bits per heavy atom. The minimum absolute atomic E-state index is 0.0218. The van der Waals surface area contributed by atoms with E-state index in [1.807, 2.05) is 33.7 Å². The van der Waals surface area contributed by atoms with E-state index in [0.29, 0.717) is 6.04 Å². The van der Waals surface area contributed by atoms with Gasteiger partial charge in [-0.2, -0.15) is 0 Å². The molecule has 3 heterocycles. The second-order valence-corrected chi connectivity index (χ2v) is 7.50. The maximum atomic E-state index is 12.7. The van der Waals surface area contributed by atoms with Gasteiger partial charge in [0.25, 0.3) is 0 Å². The summed E-state index contributed by atoms with van der Waals surface area (Å²) in [5, 5.41) is 0. The van der Waals surface area contributed by atoms with Crippen molar-refractivity contribution in [2.24, 2.45) is 13.0 Å². The van der Waals surface area contributed by atoms with E-state index < -0.39 is 0 Å². The molecule has 0 aromatic carbocycles. The van der Waals surface area contributed by atoms with Crippen LogP contribution >= 0.6 is 0 Å². The number of carbonyl (C=O) groups excluding carboxylic acids is 1. The highest BCUT2D eigenvalue weighted by atomic mass is 16.5. The van der Waals surface area contributed by atoms with E-state index in [9.17, 15) is 4.79 Å². The molecule has 2 saturated heterocycles. The molecule has 0 saturated carbocycles. The smallest absolute Gasteiger partial charge is 0.227 e. The summed E-state index contributed by atoms with van der Waals surface area (Å²) in [5.74, 6) is 0.252. The topological polar surface area (TPSA) is 53.8 Å². The van der Waals surface area contributed by atoms with Gasteiger partial charge in [0.15, 0.2) is 0 Å². The highest BCUT2D eigenvalue weighted by Crippen LogP contribution is 2.21. The highest BCUT2D eigenvalue weighted by Gasteiger charge is 2.32. The van der Waals surface area contributed by atoms with Crippen molar-refractivity contribution in [1.82, 2.24) is 24.3 Å². The van der Waals surface area contributed by atoms with Crippen molar-refractivity contribution in [1.29, 1.82) is 0 Å². The minimum atomic E-state index is 0.0218. The largest absolute Gasteiger partial charge is 0.381 e. The summed E-state index contributed by atoms with van der Waals surface area (Å²) in [6.07, 6.45) is 5.91. The third-order valence-corrected chi connectivity index (χ3v) is 5.44. The van der Waals surface area contributed by atoms with Crippen LogP contribution in [0.5, 0.6) is 0 Å². The molecule has 7 heteroatoms. The first kappa shape index (κ1) is 18.4. The van der Waals surface area contributed by atoms with Crippen LogP contribution in [0.15, 0.2) is 12.5 Å². The molecule has 0 unspecified atom stereocenters. The molecule has 2 aliphatic rings. The average molecular weight is 349 g/mol. The van der Waals surface area contributed by atoms with E-state index in [0.717, 1.165) is 58.8 Å². The van der Waals surface area contributed by atoms with Gasteiger partial charge in [-0.25, -0.2) is 4.98 Å². The third-order valence-electron chi connectivity index (χ3n) is 5.44. The minimum Gasteiger partial charge on any atom is -0.381 e. The summed E-state index contributed by atoms with van der Waals surface area (Å²) in [6.45, 7) is 6.18. The van der Waals surface area contributed by atoms with Crippen LogP contribution < -0.4 is 0 Å². The molecule has 2 fully saturated rings. The Kier molecular flexibility index (Phi) is 6.09. The van der Waals surface area contributed by atoms with Gasteiger partial charge >= 0.3 is 0 Å². The van der Waals surface area contributed by atoms with Crippen LogP contribution in [0.4, 0.5) is 0 Å². The number of aromatic nitrogens is 2. The van der Waals surface area contributed by atoms with Gasteiger partial charge in [-0.15, -0.1) is 0 Å². The first-order valence-corrected chi connectivity index (χ1v) is 9.25. The molecule has 0 spiro atoms. The van der Waals surface area contributed by atoms with Crippen LogP contribution in [0, 0.1) is 5.92 Å². The number of carbonyl (C=O) groups is 1. The van der Waals surface area contributed by atoms with Crippen LogP contribution in [0.1, 0.15) is 18.5 Å². The second kappa shape index (κ2) is 8.29. The van der Waals surface area contributed by atoms with E-state index in [1.165, 1.54) is 5.69 Å². The monoisotopic (exact) mass is 349 g/mol. The SMILES string of the molecule is CN(C)C(=O)[C@@H]1CN(Cc2cncn2C)CCN(C2CCOCC2)C1. The van der Waals surface area contributed by atoms with Gasteiger partial charge in [0.1, 0.15) is 0 Å². The van der Waals surface area contributed by atoms with Crippen LogP contribution in [0.3, 0.4) is 0 Å². The Hall–Kier alpha value is -1.44. The second-order valence-electron chi connectivity index (χ2n) is 7.50. The van der Waals surface area contributed by atoms with Gasteiger partial charge in [0.2, 0.25) is 5.91 Å². The van der Waals surface area contributed by atoms with Crippen LogP contribution in [0.25, 0.3) is 0 Å². The van der Waals surface area contributed by atoms with Crippen molar-refractivity contribution in [2.75, 3.05) is 53.5 Å². The molecule has 1 amide bonds. The summed E-state index contributed by atoms with van der Waals surface area (Å²) >= 11 is 0. The summed E-state index contributed by atoms with van der Waals surface area (Å²) in [5.41, 5.74) is 1.19. The predicted octanol–water partition coefficient (Wildman–Crippen LogP) is 0.421. The van der Waals surface area contributed by atoms with E-state index in [4.69, 9.17) is 4.74 Å². The van der Waals surface area contributed by atoms with Gasteiger partial charge in [-0.1, -0.05) is 0 Å². The standard InChI is InChI=1S/C18H31N5O2/c1-20(2)18(24)15-11-22(13-17-10-19-14-21(17)3)6-7-23(12-15)16-4-8-25-9-5-16/h10,14-16H,4-9,11-13H2,1-3H3/t15-/m1/s1. The van der Waals surface area contributed by atoms with Crippen LogP contribution in [0.2, 0.25) is 0 Å². The zero-order valence-corrected chi connectivity index (χ0v) is 15.7. The lowest BCUT2D eigenvalue weighted by atomic mass is 10.0. The van der Waals surface area contributed by atoms with Crippen molar-refractivity contribution in [3.63, 3.8) is 0 Å². The fourth-order valence-corrected chi connectivity index (χ4v) is 3.92. The number of rotatable bonds is 4. The van der Waals surface area contributed by atoms with E-state index >= 15 is 0 Å². The van der Waals surface area contributed by atoms with E-state index in [2.05, 4.69) is 19.4 Å². The average Bonchev–Trinajstić information content (AvgIpc) is 2.90. The molecule has 1 atom stereocenters. The number of amides is 1. The molecule has 1 aromatic heterocycles. The van der Waals surface area contributed by atoms with Gasteiger partial charge in [-0.05, 0) is 12.8 Å². The third kappa shape index (κ3) is 4.59. The molecular formula is C18H31N5O2. The number of imidazole rings is 1. The Bertz CT molecular complexity index is 568. The molecule has 2 aliphatic heterocycles. The Morgan fingerprint density at radius 3 is 2.68 bits per heavy atom. The fraction of sp³-hybridized carbons (Fsp3) is 0.778. The lowest BCUT2D eigenvalue weighted by Gasteiger charge is -2.34. The Morgan fingerprint density at radius 2 is 2.04 bits per heavy atom. The normalized spacial score (nSPS) is 24.2. The van der Waals surface area contributed by atoms with Crippen molar-refractivity contribution < 1.29 is 9.53 Å². The van der Waals surface area contributed by atoms with Crippen molar-refractivity contribution in [3.8, 4) is 0 Å². The zero-order valence-electron chi connectivity index (χ0n) is 15.7. The number of hydrogen-bond donors (Lipinski definition) is 0. The van der Waals surface area contributed by atoms with Gasteiger partial charge in [0, 0.05) is 79.3 Å². The molecule has 3 rings (SSSR count).